The number of carbonyl (C=O) groups is 1. The van der Waals surface area contributed by atoms with Crippen LogP contribution >= 0.6 is 0 Å². The average Bonchev–Trinajstić information content (AvgIpc) is 3.62. The minimum Gasteiger partial charge on any atom is -0.497 e. The first-order valence-electron chi connectivity index (χ1n) is 13.2. The number of amides is 1. The van der Waals surface area contributed by atoms with Crippen molar-refractivity contribution in [1.29, 1.82) is 0 Å². The quantitative estimate of drug-likeness (QED) is 0.318. The maximum atomic E-state index is 13.0. The first-order chi connectivity index (χ1) is 18.0. The predicted octanol–water partition coefficient (Wildman–Crippen LogP) is 5.65. The zero-order valence-corrected chi connectivity index (χ0v) is 23.3. The molecule has 1 amide bonds. The van der Waals surface area contributed by atoms with Gasteiger partial charge in [0.1, 0.15) is 23.1 Å². The number of carbonyl (C=O) groups excluding carboxylic acids is 1. The lowest BCUT2D eigenvalue weighted by atomic mass is 10.0. The summed E-state index contributed by atoms with van der Waals surface area (Å²) in [4.78, 5) is 15.0. The van der Waals surface area contributed by atoms with E-state index >= 15 is 0 Å². The van der Waals surface area contributed by atoms with Crippen molar-refractivity contribution in [2.24, 2.45) is 5.92 Å². The molecule has 0 N–H and O–H groups in total. The van der Waals surface area contributed by atoms with Crippen LogP contribution in [-0.4, -0.2) is 50.0 Å². The van der Waals surface area contributed by atoms with Crippen LogP contribution in [0.15, 0.2) is 55.1 Å². The third-order valence-electron chi connectivity index (χ3n) is 7.59. The molecular formula is C30H37N5O3. The Kier molecular flexibility index (Phi) is 6.67. The molecule has 1 aliphatic heterocycles. The second-order valence-corrected chi connectivity index (χ2v) is 11.3. The average molecular weight is 516 g/mol. The molecule has 200 valence electrons. The molecule has 1 fully saturated rings. The van der Waals surface area contributed by atoms with Crippen LogP contribution in [0, 0.1) is 12.8 Å². The van der Waals surface area contributed by atoms with Crippen molar-refractivity contribution in [3.63, 3.8) is 0 Å². The first-order valence-corrected chi connectivity index (χ1v) is 13.2. The molecule has 1 saturated heterocycles. The van der Waals surface area contributed by atoms with E-state index in [4.69, 9.17) is 9.47 Å². The smallest absolute Gasteiger partial charge is 0.223 e. The monoisotopic (exact) mass is 515 g/mol. The van der Waals surface area contributed by atoms with Crippen LogP contribution in [0.4, 0.5) is 0 Å². The molecule has 5 rings (SSSR count). The Morgan fingerprint density at radius 2 is 1.76 bits per heavy atom. The van der Waals surface area contributed by atoms with Crippen LogP contribution in [0.1, 0.15) is 58.2 Å². The summed E-state index contributed by atoms with van der Waals surface area (Å²) in [5.41, 5.74) is 4.95. The largest absolute Gasteiger partial charge is 0.497 e. The zero-order valence-electron chi connectivity index (χ0n) is 23.3. The maximum Gasteiger partial charge on any atom is 0.223 e. The predicted molar refractivity (Wildman–Crippen MR) is 147 cm³/mol. The minimum absolute atomic E-state index is 0.0166. The van der Waals surface area contributed by atoms with E-state index in [0.29, 0.717) is 13.0 Å². The highest BCUT2D eigenvalue weighted by atomic mass is 16.5. The lowest BCUT2D eigenvalue weighted by Crippen LogP contribution is -2.31. The Morgan fingerprint density at radius 3 is 2.42 bits per heavy atom. The van der Waals surface area contributed by atoms with Gasteiger partial charge in [-0.3, -0.25) is 9.48 Å². The Bertz CT molecular complexity index is 1450. The van der Waals surface area contributed by atoms with Crippen LogP contribution < -0.4 is 9.47 Å². The van der Waals surface area contributed by atoms with Crippen molar-refractivity contribution < 1.29 is 14.3 Å². The van der Waals surface area contributed by atoms with E-state index in [2.05, 4.69) is 57.1 Å². The van der Waals surface area contributed by atoms with Gasteiger partial charge in [0.25, 0.3) is 0 Å². The SMILES string of the molecule is COc1ccc(C(C)N2CC(C(C)Oc3cc(-c4cnn(C(C)(C)C)c4)cn4ncc(C)c34)CC2=O)cc1. The van der Waals surface area contributed by atoms with Crippen molar-refractivity contribution in [2.75, 3.05) is 13.7 Å². The molecule has 0 bridgehead atoms. The topological polar surface area (TPSA) is 73.9 Å². The van der Waals surface area contributed by atoms with Crippen LogP contribution in [0.2, 0.25) is 0 Å². The van der Waals surface area contributed by atoms with Gasteiger partial charge >= 0.3 is 0 Å². The van der Waals surface area contributed by atoms with Gasteiger partial charge in [0.2, 0.25) is 5.91 Å². The molecule has 3 unspecified atom stereocenters. The van der Waals surface area contributed by atoms with Crippen molar-refractivity contribution in [2.45, 2.75) is 65.6 Å². The number of aromatic nitrogens is 4. The number of hydrogen-bond acceptors (Lipinski definition) is 5. The van der Waals surface area contributed by atoms with Crippen LogP contribution in [0.3, 0.4) is 0 Å². The summed E-state index contributed by atoms with van der Waals surface area (Å²) in [5.74, 6) is 1.81. The summed E-state index contributed by atoms with van der Waals surface area (Å²) < 4.78 is 15.7. The fraction of sp³-hybridized carbons (Fsp3) is 0.433. The Morgan fingerprint density at radius 1 is 1.03 bits per heavy atom. The summed E-state index contributed by atoms with van der Waals surface area (Å²) in [6, 6.07) is 9.98. The number of methoxy groups -OCH3 is 1. The van der Waals surface area contributed by atoms with E-state index in [1.165, 1.54) is 0 Å². The van der Waals surface area contributed by atoms with Gasteiger partial charge in [0.05, 0.1) is 31.1 Å². The van der Waals surface area contributed by atoms with E-state index < -0.39 is 0 Å². The molecule has 0 spiro atoms. The number of benzene rings is 1. The van der Waals surface area contributed by atoms with Crippen LogP contribution in [0.25, 0.3) is 16.6 Å². The summed E-state index contributed by atoms with van der Waals surface area (Å²) >= 11 is 0. The molecule has 4 heterocycles. The van der Waals surface area contributed by atoms with Gasteiger partial charge in [0.15, 0.2) is 0 Å². The van der Waals surface area contributed by atoms with Gasteiger partial charge in [-0.25, -0.2) is 4.52 Å². The number of hydrogen-bond donors (Lipinski definition) is 0. The fourth-order valence-corrected chi connectivity index (χ4v) is 5.13. The molecule has 1 aromatic carbocycles. The number of nitrogens with zero attached hydrogens (tertiary/aromatic N) is 5. The van der Waals surface area contributed by atoms with E-state index in [-0.39, 0.29) is 29.5 Å². The lowest BCUT2D eigenvalue weighted by Gasteiger charge is -2.27. The first kappa shape index (κ1) is 25.8. The number of aryl methyl sites for hydroxylation is 1. The summed E-state index contributed by atoms with van der Waals surface area (Å²) in [6.07, 6.45) is 8.11. The number of likely N-dealkylation sites (tertiary alicyclic amines) is 1. The highest BCUT2D eigenvalue weighted by Gasteiger charge is 2.37. The number of ether oxygens (including phenoxy) is 2. The van der Waals surface area contributed by atoms with E-state index in [1.54, 1.807) is 7.11 Å². The number of fused-ring (bicyclic) bond motifs is 1. The van der Waals surface area contributed by atoms with E-state index in [9.17, 15) is 4.79 Å². The molecule has 8 heteroatoms. The highest BCUT2D eigenvalue weighted by Crippen LogP contribution is 2.35. The molecule has 0 aliphatic carbocycles. The third-order valence-corrected chi connectivity index (χ3v) is 7.59. The lowest BCUT2D eigenvalue weighted by molar-refractivity contribution is -0.129. The molecule has 0 saturated carbocycles. The van der Waals surface area contributed by atoms with Crippen molar-refractivity contribution in [3.05, 3.63) is 66.2 Å². The van der Waals surface area contributed by atoms with Gasteiger partial charge in [-0.05, 0) is 70.9 Å². The van der Waals surface area contributed by atoms with Crippen molar-refractivity contribution in [1.82, 2.24) is 24.3 Å². The highest BCUT2D eigenvalue weighted by molar-refractivity contribution is 5.79. The Balaban J connectivity index is 1.37. The normalized spacial score (nSPS) is 17.7. The second-order valence-electron chi connectivity index (χ2n) is 11.3. The molecule has 0 radical (unpaired) electrons. The van der Waals surface area contributed by atoms with Gasteiger partial charge in [-0.2, -0.15) is 10.2 Å². The molecular weight excluding hydrogens is 478 g/mol. The molecule has 3 atom stereocenters. The van der Waals surface area contributed by atoms with Crippen molar-refractivity contribution in [3.8, 4) is 22.6 Å². The maximum absolute atomic E-state index is 13.0. The van der Waals surface area contributed by atoms with Gasteiger partial charge < -0.3 is 14.4 Å². The van der Waals surface area contributed by atoms with Crippen LogP contribution in [0.5, 0.6) is 11.5 Å². The van der Waals surface area contributed by atoms with E-state index in [0.717, 1.165) is 39.3 Å². The summed E-state index contributed by atoms with van der Waals surface area (Å²) in [7, 11) is 1.65. The third kappa shape index (κ3) is 4.87. The standard InChI is InChI=1S/C30H37N5O3/c1-19-14-31-34-17-24(25-15-32-35(18-25)30(4,5)6)12-27(29(19)34)38-21(3)23-13-28(36)33(16-23)20(2)22-8-10-26(37-7)11-9-22/h8-12,14-15,17-18,20-21,23H,13,16H2,1-7H3. The zero-order chi connectivity index (χ0) is 27.2. The van der Waals surface area contributed by atoms with Crippen molar-refractivity contribution >= 4 is 11.4 Å². The Labute approximate surface area is 224 Å². The molecule has 3 aromatic heterocycles. The molecule has 1 aliphatic rings. The van der Waals surface area contributed by atoms with Gasteiger partial charge in [-0.1, -0.05) is 12.1 Å². The second kappa shape index (κ2) is 9.82. The minimum atomic E-state index is -0.155. The fourth-order valence-electron chi connectivity index (χ4n) is 5.13. The number of pyridine rings is 1. The molecule has 4 aromatic rings. The van der Waals surface area contributed by atoms with Gasteiger partial charge in [0, 0.05) is 42.4 Å². The van der Waals surface area contributed by atoms with Gasteiger partial charge in [-0.15, -0.1) is 0 Å². The molecule has 38 heavy (non-hydrogen) atoms. The number of rotatable bonds is 7. The van der Waals surface area contributed by atoms with Crippen LogP contribution in [-0.2, 0) is 10.3 Å². The summed E-state index contributed by atoms with van der Waals surface area (Å²) in [5, 5.41) is 9.12. The summed E-state index contributed by atoms with van der Waals surface area (Å²) in [6.45, 7) is 13.2. The molecule has 8 nitrogen and oxygen atoms in total. The van der Waals surface area contributed by atoms with E-state index in [1.807, 2.05) is 63.9 Å². The Hall–Kier alpha value is -3.81.